The van der Waals surface area contributed by atoms with Crippen LogP contribution < -0.4 is 15.2 Å². The van der Waals surface area contributed by atoms with Crippen LogP contribution in [-0.4, -0.2) is 60.9 Å². The third kappa shape index (κ3) is 7.83. The predicted octanol–water partition coefficient (Wildman–Crippen LogP) is 9.12. The first-order valence-electron chi connectivity index (χ1n) is 19.5. The molecule has 12 heteroatoms. The number of nitriles is 1. The summed E-state index contributed by atoms with van der Waals surface area (Å²) in [5.74, 6) is 1.12. The van der Waals surface area contributed by atoms with Gasteiger partial charge in [0.2, 0.25) is 0 Å². The lowest BCUT2D eigenvalue weighted by atomic mass is 9.79. The van der Waals surface area contributed by atoms with E-state index in [4.69, 9.17) is 39.1 Å². The number of hydrogen-bond acceptors (Lipinski definition) is 10. The van der Waals surface area contributed by atoms with Crippen molar-refractivity contribution in [2.24, 2.45) is 5.92 Å². The van der Waals surface area contributed by atoms with Gasteiger partial charge in [0.1, 0.15) is 34.6 Å². The topological polar surface area (TPSA) is 140 Å². The normalized spacial score (nSPS) is 18.6. The quantitative estimate of drug-likeness (QED) is 0.0645. The zero-order valence-corrected chi connectivity index (χ0v) is 35.1. The second-order valence-corrected chi connectivity index (χ2v) is 20.8. The van der Waals surface area contributed by atoms with Gasteiger partial charge in [-0.15, -0.1) is 0 Å². The molecule has 0 unspecified atom stereocenters. The second kappa shape index (κ2) is 16.7. The van der Waals surface area contributed by atoms with Gasteiger partial charge in [-0.3, -0.25) is 4.57 Å². The Morgan fingerprint density at radius 2 is 1.48 bits per heavy atom. The Morgan fingerprint density at radius 1 is 0.845 bits per heavy atom. The smallest absolute Gasteiger partial charge is 0.192 e. The summed E-state index contributed by atoms with van der Waals surface area (Å²) in [6.07, 6.45) is 3.79. The van der Waals surface area contributed by atoms with E-state index in [1.165, 1.54) is 6.33 Å². The Labute approximate surface area is 341 Å². The number of nitrogens with two attached hydrogens (primary N) is 1. The molecule has 0 amide bonds. The number of methoxy groups -OCH3 is 2. The summed E-state index contributed by atoms with van der Waals surface area (Å²) in [5, 5.41) is 9.84. The zero-order valence-electron chi connectivity index (χ0n) is 34.1. The van der Waals surface area contributed by atoms with Crippen LogP contribution in [0.15, 0.2) is 116 Å². The average Bonchev–Trinajstić information content (AvgIpc) is 3.81. The fourth-order valence-electron chi connectivity index (χ4n) is 7.47. The number of aromatic nitrogens is 4. The molecule has 1 saturated heterocycles. The van der Waals surface area contributed by atoms with Crippen molar-refractivity contribution < 1.29 is 23.4 Å². The molecule has 0 saturated carbocycles. The summed E-state index contributed by atoms with van der Waals surface area (Å²) in [4.78, 5) is 14.2. The van der Waals surface area contributed by atoms with Gasteiger partial charge in [-0.1, -0.05) is 87.5 Å². The van der Waals surface area contributed by atoms with Crippen LogP contribution in [0.5, 0.6) is 11.5 Å². The predicted molar refractivity (Wildman–Crippen MR) is 227 cm³/mol. The lowest BCUT2D eigenvalue weighted by molar-refractivity contribution is -0.0867. The van der Waals surface area contributed by atoms with Crippen LogP contribution in [-0.2, 0) is 19.5 Å². The van der Waals surface area contributed by atoms with Gasteiger partial charge >= 0.3 is 0 Å². The van der Waals surface area contributed by atoms with E-state index in [-0.39, 0.29) is 24.0 Å². The number of benzene rings is 4. The lowest BCUT2D eigenvalue weighted by Crippen LogP contribution is -2.47. The molecule has 1 aliphatic heterocycles. The van der Waals surface area contributed by atoms with Gasteiger partial charge in [0.25, 0.3) is 0 Å². The van der Waals surface area contributed by atoms with Crippen LogP contribution in [0.2, 0.25) is 18.1 Å². The minimum atomic E-state index is -2.44. The minimum Gasteiger partial charge on any atom is -0.497 e. The molecule has 1 radical (unpaired) electrons. The third-order valence-electron chi connectivity index (χ3n) is 11.6. The van der Waals surface area contributed by atoms with Crippen molar-refractivity contribution in [1.29, 1.82) is 5.26 Å². The maximum atomic E-state index is 9.95. The van der Waals surface area contributed by atoms with Crippen molar-refractivity contribution in [3.05, 3.63) is 139 Å². The van der Waals surface area contributed by atoms with E-state index >= 15 is 0 Å². The number of anilines is 1. The molecule has 4 aromatic carbocycles. The fourth-order valence-corrected chi connectivity index (χ4v) is 8.78. The van der Waals surface area contributed by atoms with E-state index in [9.17, 15) is 5.26 Å². The highest BCUT2D eigenvalue weighted by molar-refractivity contribution is 6.74. The maximum Gasteiger partial charge on any atom is 0.192 e. The molecule has 58 heavy (non-hydrogen) atoms. The van der Waals surface area contributed by atoms with Crippen LogP contribution in [0.25, 0.3) is 22.4 Å². The molecular formula is C46H51N6O5Si. The average molecular weight is 796 g/mol. The van der Waals surface area contributed by atoms with Gasteiger partial charge in [0.15, 0.2) is 20.2 Å². The molecule has 3 heterocycles. The van der Waals surface area contributed by atoms with Crippen LogP contribution >= 0.6 is 0 Å². The van der Waals surface area contributed by atoms with E-state index in [1.54, 1.807) is 20.5 Å². The van der Waals surface area contributed by atoms with Gasteiger partial charge in [-0.25, -0.2) is 15.0 Å². The summed E-state index contributed by atoms with van der Waals surface area (Å²) >= 11 is 0. The molecule has 0 spiro atoms. The zero-order chi connectivity index (χ0) is 41.1. The first kappa shape index (κ1) is 40.6. The van der Waals surface area contributed by atoms with Gasteiger partial charge in [-0.05, 0) is 77.6 Å². The van der Waals surface area contributed by atoms with Crippen LogP contribution in [0.3, 0.4) is 0 Å². The van der Waals surface area contributed by atoms with Gasteiger partial charge < -0.3 is 29.1 Å². The van der Waals surface area contributed by atoms with Gasteiger partial charge in [-0.2, -0.15) is 5.26 Å². The fraction of sp³-hybridized carbons (Fsp3) is 0.326. The van der Waals surface area contributed by atoms with Crippen LogP contribution in [0.1, 0.15) is 50.1 Å². The maximum absolute atomic E-state index is 9.95. The Balaban J connectivity index is 1.35. The number of imidazole rings is 1. The molecule has 11 nitrogen and oxygen atoms in total. The number of ether oxygens (including phenoxy) is 4. The van der Waals surface area contributed by atoms with Crippen LogP contribution in [0, 0.1) is 23.7 Å². The van der Waals surface area contributed by atoms with Crippen molar-refractivity contribution in [3.8, 4) is 28.8 Å². The number of hydrogen-bond donors (Lipinski definition) is 1. The molecular weight excluding hydrogens is 745 g/mol. The molecule has 6 aromatic rings. The lowest BCUT2D eigenvalue weighted by Gasteiger charge is -2.41. The van der Waals surface area contributed by atoms with Crippen molar-refractivity contribution in [2.45, 2.75) is 69.4 Å². The first-order valence-corrected chi connectivity index (χ1v) is 22.4. The molecule has 1 aliphatic rings. The molecule has 1 fully saturated rings. The number of rotatable bonds is 14. The van der Waals surface area contributed by atoms with Gasteiger partial charge in [0, 0.05) is 23.6 Å². The molecule has 2 N–H and O–H groups in total. The van der Waals surface area contributed by atoms with Crippen molar-refractivity contribution in [3.63, 3.8) is 0 Å². The second-order valence-electron chi connectivity index (χ2n) is 16.1. The summed E-state index contributed by atoms with van der Waals surface area (Å²) < 4.78 is 35.0. The molecule has 0 bridgehead atoms. The number of nitrogens with zero attached hydrogens (tertiary/aromatic N) is 5. The van der Waals surface area contributed by atoms with Crippen LogP contribution in [0.4, 0.5) is 5.69 Å². The Bertz CT molecular complexity index is 2310. The van der Waals surface area contributed by atoms with Crippen molar-refractivity contribution in [2.75, 3.05) is 26.6 Å². The van der Waals surface area contributed by atoms with E-state index in [1.807, 2.05) is 102 Å². The minimum absolute atomic E-state index is 0.114. The highest BCUT2D eigenvalue weighted by Crippen LogP contribution is 2.48. The number of nitrogen functional groups attached to an aromatic ring is 1. The molecule has 0 aliphatic carbocycles. The van der Waals surface area contributed by atoms with Crippen molar-refractivity contribution in [1.82, 2.24) is 19.5 Å². The molecule has 299 valence electrons. The first-order chi connectivity index (χ1) is 27.9. The van der Waals surface area contributed by atoms with Crippen molar-refractivity contribution >= 4 is 25.2 Å². The van der Waals surface area contributed by atoms with E-state index in [0.717, 1.165) is 33.8 Å². The molecule has 4 atom stereocenters. The third-order valence-corrected chi connectivity index (χ3v) is 16.0. The highest BCUT2D eigenvalue weighted by Gasteiger charge is 2.52. The largest absolute Gasteiger partial charge is 0.497 e. The van der Waals surface area contributed by atoms with E-state index in [0.29, 0.717) is 22.5 Å². The Kier molecular flexibility index (Phi) is 11.7. The highest BCUT2D eigenvalue weighted by atomic mass is 28.4. The van der Waals surface area contributed by atoms with E-state index < -0.39 is 32.4 Å². The number of fused-ring (bicyclic) bond motifs is 1. The summed E-state index contributed by atoms with van der Waals surface area (Å²) in [6, 6.07) is 36.0. The molecule has 7 rings (SSSR count). The van der Waals surface area contributed by atoms with E-state index in [2.05, 4.69) is 57.1 Å². The summed E-state index contributed by atoms with van der Waals surface area (Å²) in [6.45, 7) is 11.3. The summed E-state index contributed by atoms with van der Waals surface area (Å²) in [7, 11) is 0.872. The molecule has 2 aromatic heterocycles. The monoisotopic (exact) mass is 795 g/mol. The summed E-state index contributed by atoms with van der Waals surface area (Å²) in [5.41, 5.74) is 11.1. The standard InChI is InChI=1S/C46H51N6O5Si/c1-45(2,3)58(6,7)57-42-38(17-12-26-47)39(56-44(42)52-30-51-41-40(49-29-50-43(41)52)31-13-11-16-35(48)27-31)28-55-46(32-14-9-8-10-15-32,33-18-22-36(53-4)23-19-33)34-20-24-37(54-5)25-21-34/h8-11,13-25,27,29-30,38-39,42,44H,12,28,48H2,1-7H3/t38-,39+,42-,44-/m1/s1. The SMILES string of the molecule is COc1ccc(C(OC[C@@H]2O[C@@H](n3cnc4c(-c5cccc(N)c5)ncnc43)[C@H](O[Si](C)(C)C(C)(C)C)[C@@H]2[CH]CC#N)(c2ccccc2)c2ccc(OC)cc2)cc1. The Hall–Kier alpha value is -5.58. The van der Waals surface area contributed by atoms with Gasteiger partial charge in [0.05, 0.1) is 45.4 Å². The Morgan fingerprint density at radius 3 is 2.07 bits per heavy atom.